The molecule has 2 saturated heterocycles. The van der Waals surface area contributed by atoms with Crippen LogP contribution in [0.3, 0.4) is 0 Å². The van der Waals surface area contributed by atoms with Crippen LogP contribution >= 0.6 is 0 Å². The smallest absolute Gasteiger partial charge is 0.253 e. The number of aromatic nitrogens is 3. The summed E-state index contributed by atoms with van der Waals surface area (Å²) in [4.78, 5) is 19.4. The summed E-state index contributed by atoms with van der Waals surface area (Å²) in [6, 6.07) is 13.8. The fourth-order valence-corrected chi connectivity index (χ4v) is 4.10. The largest absolute Gasteiger partial charge is 0.378 e. The van der Waals surface area contributed by atoms with E-state index in [9.17, 15) is 4.79 Å². The van der Waals surface area contributed by atoms with E-state index in [0.29, 0.717) is 13.1 Å². The van der Waals surface area contributed by atoms with Gasteiger partial charge in [0.1, 0.15) is 0 Å². The van der Waals surface area contributed by atoms with Crippen molar-refractivity contribution in [3.63, 3.8) is 0 Å². The maximum Gasteiger partial charge on any atom is 0.253 e. The van der Waals surface area contributed by atoms with E-state index in [1.165, 1.54) is 0 Å². The summed E-state index contributed by atoms with van der Waals surface area (Å²) in [6.45, 7) is 6.05. The van der Waals surface area contributed by atoms with Crippen LogP contribution in [0.1, 0.15) is 10.4 Å². The second kappa shape index (κ2) is 8.77. The predicted molar refractivity (Wildman–Crippen MR) is 119 cm³/mol. The van der Waals surface area contributed by atoms with Gasteiger partial charge in [-0.05, 0) is 36.4 Å². The Hall–Kier alpha value is -3.39. The number of benzene rings is 1. The molecule has 0 spiro atoms. The zero-order chi connectivity index (χ0) is 21.0. The Morgan fingerprint density at radius 3 is 2.26 bits per heavy atom. The molecule has 5 rings (SSSR count). The number of hydrogen-bond donors (Lipinski definition) is 0. The van der Waals surface area contributed by atoms with Gasteiger partial charge in [-0.3, -0.25) is 4.79 Å². The van der Waals surface area contributed by atoms with E-state index in [1.807, 2.05) is 64.5 Å². The van der Waals surface area contributed by atoms with Gasteiger partial charge in [0.05, 0.1) is 25.1 Å². The highest BCUT2D eigenvalue weighted by atomic mass is 16.5. The molecule has 0 aliphatic carbocycles. The molecule has 8 heteroatoms. The molecule has 0 N–H and O–H groups in total. The van der Waals surface area contributed by atoms with Crippen molar-refractivity contribution >= 4 is 17.4 Å². The summed E-state index contributed by atoms with van der Waals surface area (Å²) in [5.74, 6) is 0.944. The lowest BCUT2D eigenvalue weighted by molar-refractivity contribution is 0.0746. The third-order valence-electron chi connectivity index (χ3n) is 5.91. The van der Waals surface area contributed by atoms with Crippen molar-refractivity contribution in [2.24, 2.45) is 0 Å². The number of amides is 1. The predicted octanol–water partition coefficient (Wildman–Crippen LogP) is 2.07. The number of rotatable bonds is 4. The standard InChI is InChI=1S/C23H26N6O2/c30-23(19-3-5-20(6-4-19)26-7-1-2-8-26)29-11-9-28(10-12-29)22-17-21(18-24-25-22)27-13-15-31-16-14-27/h1-8,17-18H,9-16H2. The normalized spacial score (nSPS) is 17.1. The van der Waals surface area contributed by atoms with Crippen LogP contribution < -0.4 is 9.80 Å². The molecule has 0 atom stereocenters. The molecule has 1 aromatic carbocycles. The highest BCUT2D eigenvalue weighted by molar-refractivity contribution is 5.94. The zero-order valence-corrected chi connectivity index (χ0v) is 17.4. The number of anilines is 2. The van der Waals surface area contributed by atoms with Gasteiger partial charge in [0, 0.05) is 69.0 Å². The van der Waals surface area contributed by atoms with Crippen LogP contribution in [-0.4, -0.2) is 78.1 Å². The Morgan fingerprint density at radius 2 is 1.55 bits per heavy atom. The van der Waals surface area contributed by atoms with Crippen molar-refractivity contribution in [1.82, 2.24) is 19.7 Å². The molecule has 2 aliphatic heterocycles. The SMILES string of the molecule is O=C(c1ccc(-n2cccc2)cc1)N1CCN(c2cc(N3CCOCC3)cnn2)CC1. The van der Waals surface area contributed by atoms with Gasteiger partial charge >= 0.3 is 0 Å². The molecule has 2 aromatic heterocycles. The Labute approximate surface area is 181 Å². The number of morpholine rings is 1. The van der Waals surface area contributed by atoms with E-state index in [-0.39, 0.29) is 5.91 Å². The molecule has 0 bridgehead atoms. The van der Waals surface area contributed by atoms with Crippen molar-refractivity contribution in [2.75, 3.05) is 62.3 Å². The van der Waals surface area contributed by atoms with Gasteiger partial charge in [0.15, 0.2) is 5.82 Å². The minimum Gasteiger partial charge on any atom is -0.378 e. The summed E-state index contributed by atoms with van der Waals surface area (Å²) >= 11 is 0. The fourth-order valence-electron chi connectivity index (χ4n) is 4.10. The number of carbonyl (C=O) groups is 1. The van der Waals surface area contributed by atoms with Crippen molar-refractivity contribution in [3.05, 3.63) is 66.6 Å². The van der Waals surface area contributed by atoms with Crippen LogP contribution in [0, 0.1) is 0 Å². The minimum atomic E-state index is 0.0758. The number of hydrogen-bond acceptors (Lipinski definition) is 6. The summed E-state index contributed by atoms with van der Waals surface area (Å²) in [7, 11) is 0. The molecule has 0 unspecified atom stereocenters. The molecule has 2 aliphatic rings. The van der Waals surface area contributed by atoms with Crippen molar-refractivity contribution in [1.29, 1.82) is 0 Å². The van der Waals surface area contributed by atoms with E-state index in [0.717, 1.165) is 62.1 Å². The Bertz CT molecular complexity index is 1010. The molecular formula is C23H26N6O2. The van der Waals surface area contributed by atoms with Gasteiger partial charge in [-0.2, -0.15) is 5.10 Å². The molecule has 1 amide bonds. The van der Waals surface area contributed by atoms with Crippen molar-refractivity contribution < 1.29 is 9.53 Å². The molecule has 4 heterocycles. The van der Waals surface area contributed by atoms with E-state index < -0.39 is 0 Å². The van der Waals surface area contributed by atoms with Gasteiger partial charge in [-0.1, -0.05) is 0 Å². The van der Waals surface area contributed by atoms with Crippen LogP contribution in [0.15, 0.2) is 61.1 Å². The van der Waals surface area contributed by atoms with Crippen molar-refractivity contribution in [2.45, 2.75) is 0 Å². The molecule has 160 valence electrons. The second-order valence-electron chi connectivity index (χ2n) is 7.79. The van der Waals surface area contributed by atoms with Gasteiger partial charge in [0.2, 0.25) is 0 Å². The first-order valence-electron chi connectivity index (χ1n) is 10.7. The second-order valence-corrected chi connectivity index (χ2v) is 7.79. The topological polar surface area (TPSA) is 66.7 Å². The lowest BCUT2D eigenvalue weighted by Crippen LogP contribution is -2.49. The average molecular weight is 419 g/mol. The zero-order valence-electron chi connectivity index (χ0n) is 17.4. The summed E-state index contributed by atoms with van der Waals surface area (Å²) in [5, 5.41) is 8.54. The highest BCUT2D eigenvalue weighted by Crippen LogP contribution is 2.21. The van der Waals surface area contributed by atoms with E-state index in [1.54, 1.807) is 0 Å². The Morgan fingerprint density at radius 1 is 0.839 bits per heavy atom. The summed E-state index contributed by atoms with van der Waals surface area (Å²) < 4.78 is 7.46. The molecule has 3 aromatic rings. The quantitative estimate of drug-likeness (QED) is 0.646. The van der Waals surface area contributed by atoms with Gasteiger partial charge in [-0.15, -0.1) is 5.10 Å². The van der Waals surface area contributed by atoms with Crippen LogP contribution in [0.2, 0.25) is 0 Å². The van der Waals surface area contributed by atoms with Crippen molar-refractivity contribution in [3.8, 4) is 5.69 Å². The first-order chi connectivity index (χ1) is 15.3. The minimum absolute atomic E-state index is 0.0758. The highest BCUT2D eigenvalue weighted by Gasteiger charge is 2.24. The maximum absolute atomic E-state index is 13.0. The number of carbonyl (C=O) groups excluding carboxylic acids is 1. The van der Waals surface area contributed by atoms with Crippen LogP contribution in [0.5, 0.6) is 0 Å². The molecule has 31 heavy (non-hydrogen) atoms. The average Bonchev–Trinajstić information content (AvgIpc) is 3.40. The Balaban J connectivity index is 1.21. The molecular weight excluding hydrogens is 392 g/mol. The van der Waals surface area contributed by atoms with E-state index in [4.69, 9.17) is 4.74 Å². The third kappa shape index (κ3) is 4.25. The number of ether oxygens (including phenoxy) is 1. The molecule has 8 nitrogen and oxygen atoms in total. The lowest BCUT2D eigenvalue weighted by atomic mass is 10.1. The summed E-state index contributed by atoms with van der Waals surface area (Å²) in [6.07, 6.45) is 5.80. The monoisotopic (exact) mass is 418 g/mol. The molecule has 0 saturated carbocycles. The summed E-state index contributed by atoms with van der Waals surface area (Å²) in [5.41, 5.74) is 2.85. The third-order valence-corrected chi connectivity index (χ3v) is 5.91. The molecule has 2 fully saturated rings. The van der Waals surface area contributed by atoms with E-state index in [2.05, 4.69) is 26.1 Å². The van der Waals surface area contributed by atoms with Gasteiger partial charge < -0.3 is 24.0 Å². The first-order valence-corrected chi connectivity index (χ1v) is 10.7. The number of piperazine rings is 1. The number of nitrogens with zero attached hydrogens (tertiary/aromatic N) is 6. The lowest BCUT2D eigenvalue weighted by Gasteiger charge is -2.36. The van der Waals surface area contributed by atoms with E-state index >= 15 is 0 Å². The van der Waals surface area contributed by atoms with Crippen LogP contribution in [0.4, 0.5) is 11.5 Å². The van der Waals surface area contributed by atoms with Gasteiger partial charge in [-0.25, -0.2) is 0 Å². The molecule has 0 radical (unpaired) electrons. The maximum atomic E-state index is 13.0. The van der Waals surface area contributed by atoms with Gasteiger partial charge in [0.25, 0.3) is 5.91 Å². The fraction of sp³-hybridized carbons (Fsp3) is 0.348. The Kier molecular flexibility index (Phi) is 5.54. The van der Waals surface area contributed by atoms with Crippen LogP contribution in [0.25, 0.3) is 5.69 Å². The van der Waals surface area contributed by atoms with Crippen LogP contribution in [-0.2, 0) is 4.74 Å². The first kappa shape index (κ1) is 19.6.